The van der Waals surface area contributed by atoms with Crippen LogP contribution >= 0.6 is 0 Å². The number of carbonyl (C=O) groups is 2. The van der Waals surface area contributed by atoms with E-state index in [2.05, 4.69) is 4.74 Å². The van der Waals surface area contributed by atoms with Gasteiger partial charge in [-0.05, 0) is 24.6 Å². The van der Waals surface area contributed by atoms with E-state index < -0.39 is 47.9 Å². The van der Waals surface area contributed by atoms with Crippen molar-refractivity contribution in [3.63, 3.8) is 0 Å². The van der Waals surface area contributed by atoms with E-state index in [1.165, 1.54) is 17.9 Å². The van der Waals surface area contributed by atoms with Crippen LogP contribution in [0.25, 0.3) is 0 Å². The van der Waals surface area contributed by atoms with Crippen molar-refractivity contribution < 1.29 is 63.7 Å². The van der Waals surface area contributed by atoms with Gasteiger partial charge in [0.2, 0.25) is 0 Å². The monoisotopic (exact) mass is 581 g/mol. The van der Waals surface area contributed by atoms with Gasteiger partial charge in [0.05, 0.1) is 18.7 Å². The van der Waals surface area contributed by atoms with E-state index in [4.69, 9.17) is 4.74 Å². The zero-order valence-electron chi connectivity index (χ0n) is 20.3. The normalized spacial score (nSPS) is 21.8. The van der Waals surface area contributed by atoms with Gasteiger partial charge >= 0.3 is 30.6 Å². The molecule has 220 valence electrons. The zero-order chi connectivity index (χ0) is 29.4. The highest BCUT2D eigenvalue weighted by atomic mass is 19.4. The number of carbonyl (C=O) groups excluding carboxylic acids is 1. The first kappa shape index (κ1) is 30.6. The highest BCUT2D eigenvalue weighted by Crippen LogP contribution is 2.37. The molecule has 0 aromatic heterocycles. The average molecular weight is 581 g/mol. The lowest BCUT2D eigenvalue weighted by molar-refractivity contribution is -0.308. The molecular weight excluding hydrogens is 557 g/mol. The number of hydrogen-bond donors (Lipinski definition) is 1. The molecule has 0 spiro atoms. The Balaban J connectivity index is 1.73. The molecule has 39 heavy (non-hydrogen) atoms. The summed E-state index contributed by atoms with van der Waals surface area (Å²) in [4.78, 5) is 27.4. The lowest BCUT2D eigenvalue weighted by atomic mass is 10.0. The summed E-state index contributed by atoms with van der Waals surface area (Å²) >= 11 is 0. The van der Waals surface area contributed by atoms with Gasteiger partial charge in [-0.2, -0.15) is 39.5 Å². The second-order valence-corrected chi connectivity index (χ2v) is 9.26. The molecular formula is C22H24F9N3O5. The number of morpholine rings is 1. The minimum atomic E-state index is -5.86. The largest absolute Gasteiger partial charge is 0.479 e. The maximum atomic E-state index is 13.4. The number of ether oxygens (including phenoxy) is 2. The third kappa shape index (κ3) is 7.38. The van der Waals surface area contributed by atoms with Crippen molar-refractivity contribution in [2.45, 2.75) is 43.7 Å². The second kappa shape index (κ2) is 10.9. The highest BCUT2D eigenvalue weighted by molar-refractivity contribution is 5.78. The van der Waals surface area contributed by atoms with Gasteiger partial charge in [-0.1, -0.05) is 6.07 Å². The second-order valence-electron chi connectivity index (χ2n) is 9.26. The molecule has 8 nitrogen and oxygen atoms in total. The number of carboxylic acids is 1. The Bertz CT molecular complexity index is 1040. The molecule has 2 fully saturated rings. The molecule has 1 aromatic carbocycles. The van der Waals surface area contributed by atoms with Crippen LogP contribution in [0.3, 0.4) is 0 Å². The standard InChI is InChI=1S/C22H24F9N3O5/c1-19(17(35)36)12-34(8-9-38-19)15-10-14(20(23,24)25)3-2-13(15)11-32-4-6-33(7-5-32)18(37)39-16(21(26,27)28)22(29,30)31/h2-3,10,16H,4-9,11-12H2,1H3,(H,35,36). The lowest BCUT2D eigenvalue weighted by Gasteiger charge is -2.40. The van der Waals surface area contributed by atoms with Crippen LogP contribution < -0.4 is 4.90 Å². The quantitative estimate of drug-likeness (QED) is 0.524. The Morgan fingerprint density at radius 1 is 1.00 bits per heavy atom. The van der Waals surface area contributed by atoms with E-state index >= 15 is 0 Å². The van der Waals surface area contributed by atoms with Crippen molar-refractivity contribution >= 4 is 17.7 Å². The number of anilines is 1. The number of aliphatic carboxylic acids is 1. The van der Waals surface area contributed by atoms with Crippen LogP contribution in [0, 0.1) is 0 Å². The van der Waals surface area contributed by atoms with E-state index in [1.807, 2.05) is 0 Å². The SMILES string of the molecule is CC1(C(=O)O)CN(c2cc(C(F)(F)F)ccc2CN2CCN(C(=O)OC(C(F)(F)F)C(F)(F)F)CC2)CCO1. The van der Waals surface area contributed by atoms with E-state index in [-0.39, 0.29) is 58.1 Å². The maximum absolute atomic E-state index is 13.4. The Labute approximate surface area is 215 Å². The van der Waals surface area contributed by atoms with E-state index in [1.54, 1.807) is 4.90 Å². The number of piperazine rings is 1. The molecule has 2 saturated heterocycles. The predicted molar refractivity (Wildman–Crippen MR) is 115 cm³/mol. The number of rotatable bonds is 5. The Hall–Kier alpha value is -2.95. The van der Waals surface area contributed by atoms with Crippen LogP contribution in [0.15, 0.2) is 18.2 Å². The number of halogens is 9. The van der Waals surface area contributed by atoms with Crippen LogP contribution in [-0.4, -0.2) is 96.9 Å². The molecule has 1 N–H and O–H groups in total. The first-order valence-corrected chi connectivity index (χ1v) is 11.4. The number of amides is 1. The molecule has 2 aliphatic rings. The first-order chi connectivity index (χ1) is 17.8. The zero-order valence-corrected chi connectivity index (χ0v) is 20.3. The summed E-state index contributed by atoms with van der Waals surface area (Å²) in [5, 5.41) is 9.48. The van der Waals surface area contributed by atoms with E-state index in [0.29, 0.717) is 10.5 Å². The third-order valence-electron chi connectivity index (χ3n) is 6.32. The Morgan fingerprint density at radius 2 is 1.59 bits per heavy atom. The molecule has 0 radical (unpaired) electrons. The van der Waals surface area contributed by atoms with Crippen LogP contribution in [0.2, 0.25) is 0 Å². The van der Waals surface area contributed by atoms with Gasteiger partial charge in [0.25, 0.3) is 6.10 Å². The van der Waals surface area contributed by atoms with Gasteiger partial charge in [-0.25, -0.2) is 9.59 Å². The fraction of sp³-hybridized carbons (Fsp3) is 0.636. The molecule has 17 heteroatoms. The summed E-state index contributed by atoms with van der Waals surface area (Å²) in [7, 11) is 0. The topological polar surface area (TPSA) is 82.6 Å². The fourth-order valence-corrected chi connectivity index (χ4v) is 4.20. The molecule has 3 rings (SSSR count). The maximum Gasteiger partial charge on any atom is 0.434 e. The van der Waals surface area contributed by atoms with Crippen LogP contribution in [0.5, 0.6) is 0 Å². The molecule has 1 amide bonds. The summed E-state index contributed by atoms with van der Waals surface area (Å²) in [6.45, 7) is 0.392. The summed E-state index contributed by atoms with van der Waals surface area (Å²) in [6, 6.07) is 2.94. The fourth-order valence-electron chi connectivity index (χ4n) is 4.20. The van der Waals surface area contributed by atoms with Crippen molar-refractivity contribution in [1.82, 2.24) is 9.80 Å². The van der Waals surface area contributed by atoms with Gasteiger partial charge in [0.1, 0.15) is 0 Å². The van der Waals surface area contributed by atoms with Crippen molar-refractivity contribution in [1.29, 1.82) is 0 Å². The Kier molecular flexibility index (Phi) is 8.55. The third-order valence-corrected chi connectivity index (χ3v) is 6.32. The van der Waals surface area contributed by atoms with E-state index in [9.17, 15) is 54.2 Å². The average Bonchev–Trinajstić information content (AvgIpc) is 2.81. The highest BCUT2D eigenvalue weighted by Gasteiger charge is 2.60. The van der Waals surface area contributed by atoms with Crippen molar-refractivity contribution in [3.05, 3.63) is 29.3 Å². The van der Waals surface area contributed by atoms with Gasteiger partial charge in [-0.3, -0.25) is 4.90 Å². The molecule has 0 aliphatic carbocycles. The molecule has 1 atom stereocenters. The molecule has 2 aliphatic heterocycles. The van der Waals surface area contributed by atoms with Crippen molar-refractivity contribution in [3.8, 4) is 0 Å². The molecule has 1 aromatic rings. The van der Waals surface area contributed by atoms with Gasteiger partial charge in [-0.15, -0.1) is 0 Å². The summed E-state index contributed by atoms with van der Waals surface area (Å²) in [5.74, 6) is -1.30. The number of carboxylic acid groups (broad SMARTS) is 1. The number of hydrogen-bond acceptors (Lipinski definition) is 6. The van der Waals surface area contributed by atoms with Gasteiger partial charge in [0.15, 0.2) is 5.60 Å². The Morgan fingerprint density at radius 3 is 2.10 bits per heavy atom. The lowest BCUT2D eigenvalue weighted by Crippen LogP contribution is -2.55. The number of nitrogens with zero attached hydrogens (tertiary/aromatic N) is 3. The number of benzene rings is 1. The molecule has 0 saturated carbocycles. The van der Waals surface area contributed by atoms with Crippen molar-refractivity contribution in [2.75, 3.05) is 50.8 Å². The molecule has 2 heterocycles. The molecule has 0 bridgehead atoms. The van der Waals surface area contributed by atoms with Crippen LogP contribution in [-0.2, 0) is 27.0 Å². The first-order valence-electron chi connectivity index (χ1n) is 11.4. The van der Waals surface area contributed by atoms with Crippen molar-refractivity contribution in [2.24, 2.45) is 0 Å². The van der Waals surface area contributed by atoms with Gasteiger partial charge in [0, 0.05) is 45.0 Å². The summed E-state index contributed by atoms with van der Waals surface area (Å²) < 4.78 is 125. The predicted octanol–water partition coefficient (Wildman–Crippen LogP) is 4.13. The van der Waals surface area contributed by atoms with Gasteiger partial charge < -0.3 is 24.4 Å². The molecule has 1 unspecified atom stereocenters. The van der Waals surface area contributed by atoms with E-state index in [0.717, 1.165) is 12.1 Å². The number of alkyl halides is 9. The minimum Gasteiger partial charge on any atom is -0.479 e. The van der Waals surface area contributed by atoms with Crippen LogP contribution in [0.1, 0.15) is 18.1 Å². The minimum absolute atomic E-state index is 0.00519. The smallest absolute Gasteiger partial charge is 0.434 e. The summed E-state index contributed by atoms with van der Waals surface area (Å²) in [6.07, 6.45) is -22.5. The summed E-state index contributed by atoms with van der Waals surface area (Å²) in [5.41, 5.74) is -2.19. The van der Waals surface area contributed by atoms with Crippen LogP contribution in [0.4, 0.5) is 50.0 Å².